The number of piperidine rings is 1. The summed E-state index contributed by atoms with van der Waals surface area (Å²) in [5.41, 5.74) is 3.20. The van der Waals surface area contributed by atoms with Crippen LogP contribution in [-0.4, -0.2) is 44.2 Å². The maximum Gasteiger partial charge on any atom is 0.244 e. The van der Waals surface area contributed by atoms with E-state index in [0.717, 1.165) is 30.4 Å². The fourth-order valence-electron chi connectivity index (χ4n) is 4.46. The second-order valence-electron chi connectivity index (χ2n) is 8.96. The Balaban J connectivity index is 1.52. The summed E-state index contributed by atoms with van der Waals surface area (Å²) >= 11 is 0. The van der Waals surface area contributed by atoms with E-state index in [-0.39, 0.29) is 29.7 Å². The molecular weight excluding hydrogens is 438 g/mol. The zero-order valence-electron chi connectivity index (χ0n) is 19.2. The molecule has 0 spiro atoms. The average Bonchev–Trinajstić information content (AvgIpc) is 2.81. The van der Waals surface area contributed by atoms with Crippen LogP contribution in [0.2, 0.25) is 0 Å². The summed E-state index contributed by atoms with van der Waals surface area (Å²) in [6.45, 7) is 5.14. The highest BCUT2D eigenvalue weighted by molar-refractivity contribution is 7.89. The fourth-order valence-corrected chi connectivity index (χ4v) is 5.98. The lowest BCUT2D eigenvalue weighted by Gasteiger charge is -2.31. The van der Waals surface area contributed by atoms with E-state index in [0.29, 0.717) is 36.8 Å². The van der Waals surface area contributed by atoms with E-state index in [1.54, 1.807) is 22.5 Å². The molecule has 7 nitrogen and oxygen atoms in total. The van der Waals surface area contributed by atoms with Gasteiger partial charge in [-0.3, -0.25) is 9.59 Å². The van der Waals surface area contributed by atoms with E-state index in [4.69, 9.17) is 0 Å². The molecule has 1 saturated heterocycles. The van der Waals surface area contributed by atoms with Gasteiger partial charge >= 0.3 is 0 Å². The van der Waals surface area contributed by atoms with Crippen LogP contribution in [0.5, 0.6) is 0 Å². The molecule has 8 heteroatoms. The van der Waals surface area contributed by atoms with Crippen molar-refractivity contribution in [2.45, 2.75) is 50.8 Å². The molecule has 2 aliphatic rings. The van der Waals surface area contributed by atoms with Crippen molar-refractivity contribution in [1.82, 2.24) is 4.31 Å². The predicted octanol–water partition coefficient (Wildman–Crippen LogP) is 3.59. The quantitative estimate of drug-likeness (QED) is 0.701. The van der Waals surface area contributed by atoms with Crippen LogP contribution in [0.1, 0.15) is 44.2 Å². The van der Waals surface area contributed by atoms with Crippen LogP contribution in [0.3, 0.4) is 0 Å². The molecule has 1 fully saturated rings. The second-order valence-corrected chi connectivity index (χ2v) is 10.9. The molecule has 0 saturated carbocycles. The molecule has 2 aromatic carbocycles. The SMILES string of the molecule is CCc1cccc(NC(=O)CN2C(=O)CCc3cc(S(=O)(=O)N4CCC(C)CC4)ccc32)c1. The summed E-state index contributed by atoms with van der Waals surface area (Å²) in [7, 11) is -3.57. The topological polar surface area (TPSA) is 86.8 Å². The molecule has 0 aromatic heterocycles. The number of aryl methyl sites for hydroxylation is 2. The van der Waals surface area contributed by atoms with Crippen LogP contribution in [0.4, 0.5) is 11.4 Å². The van der Waals surface area contributed by atoms with Crippen LogP contribution in [0, 0.1) is 5.92 Å². The van der Waals surface area contributed by atoms with Crippen LogP contribution in [0.15, 0.2) is 47.4 Å². The monoisotopic (exact) mass is 469 g/mol. The predicted molar refractivity (Wildman–Crippen MR) is 129 cm³/mol. The maximum absolute atomic E-state index is 13.1. The lowest BCUT2D eigenvalue weighted by molar-refractivity contribution is -0.121. The van der Waals surface area contributed by atoms with Crippen molar-refractivity contribution < 1.29 is 18.0 Å². The number of rotatable bonds is 6. The Labute approximate surface area is 195 Å². The first-order chi connectivity index (χ1) is 15.8. The van der Waals surface area contributed by atoms with Gasteiger partial charge in [0.25, 0.3) is 0 Å². The second kappa shape index (κ2) is 9.65. The first kappa shape index (κ1) is 23.4. The molecule has 1 N–H and O–H groups in total. The summed E-state index contributed by atoms with van der Waals surface area (Å²) in [5.74, 6) is 0.110. The molecule has 0 atom stereocenters. The van der Waals surface area contributed by atoms with E-state index >= 15 is 0 Å². The lowest BCUT2D eigenvalue weighted by atomic mass is 10.0. The molecule has 2 heterocycles. The normalized spacial score (nSPS) is 17.6. The number of anilines is 2. The zero-order valence-corrected chi connectivity index (χ0v) is 20.0. The average molecular weight is 470 g/mol. The van der Waals surface area contributed by atoms with Crippen LogP contribution in [-0.2, 0) is 32.5 Å². The molecule has 0 unspecified atom stereocenters. The Morgan fingerprint density at radius 1 is 1.09 bits per heavy atom. The lowest BCUT2D eigenvalue weighted by Crippen LogP contribution is -2.41. The Bertz CT molecular complexity index is 1150. The van der Waals surface area contributed by atoms with Gasteiger partial charge in [0.15, 0.2) is 0 Å². The number of fused-ring (bicyclic) bond motifs is 1. The van der Waals surface area contributed by atoms with Crippen LogP contribution in [0.25, 0.3) is 0 Å². The number of benzene rings is 2. The van der Waals surface area contributed by atoms with Gasteiger partial charge in [-0.15, -0.1) is 0 Å². The van der Waals surface area contributed by atoms with E-state index < -0.39 is 10.0 Å². The summed E-state index contributed by atoms with van der Waals surface area (Å²) in [5, 5.41) is 2.86. The molecule has 0 bridgehead atoms. The van der Waals surface area contributed by atoms with Crippen molar-refractivity contribution >= 4 is 33.2 Å². The van der Waals surface area contributed by atoms with Crippen LogP contribution < -0.4 is 10.2 Å². The third-order valence-corrected chi connectivity index (χ3v) is 8.45. The van der Waals surface area contributed by atoms with Crippen molar-refractivity contribution in [2.24, 2.45) is 5.92 Å². The summed E-state index contributed by atoms with van der Waals surface area (Å²) < 4.78 is 27.8. The number of amides is 2. The van der Waals surface area contributed by atoms with Gasteiger partial charge in [-0.1, -0.05) is 26.0 Å². The van der Waals surface area contributed by atoms with Crippen molar-refractivity contribution in [3.63, 3.8) is 0 Å². The van der Waals surface area contributed by atoms with Crippen molar-refractivity contribution in [2.75, 3.05) is 29.9 Å². The Morgan fingerprint density at radius 3 is 2.58 bits per heavy atom. The summed E-state index contributed by atoms with van der Waals surface area (Å²) in [6, 6.07) is 12.5. The van der Waals surface area contributed by atoms with Gasteiger partial charge in [0.2, 0.25) is 21.8 Å². The Hall–Kier alpha value is -2.71. The number of nitrogens with zero attached hydrogens (tertiary/aromatic N) is 2. The van der Waals surface area contributed by atoms with Gasteiger partial charge in [-0.05, 0) is 73.1 Å². The number of carbonyl (C=O) groups excluding carboxylic acids is 2. The largest absolute Gasteiger partial charge is 0.325 e. The number of sulfonamides is 1. The smallest absolute Gasteiger partial charge is 0.244 e. The molecule has 2 amide bonds. The third-order valence-electron chi connectivity index (χ3n) is 6.55. The molecule has 33 heavy (non-hydrogen) atoms. The minimum atomic E-state index is -3.57. The fraction of sp³-hybridized carbons (Fsp3) is 0.440. The molecule has 0 radical (unpaired) electrons. The number of carbonyl (C=O) groups is 2. The van der Waals surface area contributed by atoms with Gasteiger partial charge in [0.1, 0.15) is 6.54 Å². The molecule has 2 aromatic rings. The van der Waals surface area contributed by atoms with Gasteiger partial charge in [-0.25, -0.2) is 8.42 Å². The minimum absolute atomic E-state index is 0.113. The summed E-state index contributed by atoms with van der Waals surface area (Å²) in [4.78, 5) is 27.0. The molecular formula is C25H31N3O4S. The number of nitrogens with one attached hydrogen (secondary N) is 1. The van der Waals surface area contributed by atoms with E-state index in [1.165, 1.54) is 4.90 Å². The maximum atomic E-state index is 13.1. The minimum Gasteiger partial charge on any atom is -0.325 e. The third kappa shape index (κ3) is 5.12. The highest BCUT2D eigenvalue weighted by atomic mass is 32.2. The van der Waals surface area contributed by atoms with E-state index in [9.17, 15) is 18.0 Å². The van der Waals surface area contributed by atoms with E-state index in [1.807, 2.05) is 31.2 Å². The molecule has 2 aliphatic heterocycles. The Kier molecular flexibility index (Phi) is 6.86. The van der Waals surface area contributed by atoms with Gasteiger partial charge in [0, 0.05) is 30.9 Å². The van der Waals surface area contributed by atoms with Gasteiger partial charge in [-0.2, -0.15) is 4.31 Å². The van der Waals surface area contributed by atoms with Gasteiger partial charge in [0.05, 0.1) is 4.90 Å². The molecule has 0 aliphatic carbocycles. The zero-order chi connectivity index (χ0) is 23.6. The van der Waals surface area contributed by atoms with E-state index in [2.05, 4.69) is 12.2 Å². The standard InChI is InChI=1S/C25H31N3O4S/c1-3-19-5-4-6-21(15-19)26-24(29)17-28-23-9-8-22(16-20(23)7-10-25(28)30)33(31,32)27-13-11-18(2)12-14-27/h4-6,8-9,15-16,18H,3,7,10-14,17H2,1-2H3,(H,26,29). The van der Waals surface area contributed by atoms with Crippen LogP contribution >= 0.6 is 0 Å². The highest BCUT2D eigenvalue weighted by Crippen LogP contribution is 2.32. The molecule has 4 rings (SSSR count). The number of hydrogen-bond donors (Lipinski definition) is 1. The van der Waals surface area contributed by atoms with Crippen molar-refractivity contribution in [1.29, 1.82) is 0 Å². The summed E-state index contributed by atoms with van der Waals surface area (Å²) in [6.07, 6.45) is 3.30. The highest BCUT2D eigenvalue weighted by Gasteiger charge is 2.31. The first-order valence-electron chi connectivity index (χ1n) is 11.6. The molecule has 176 valence electrons. The Morgan fingerprint density at radius 2 is 1.85 bits per heavy atom. The number of hydrogen-bond acceptors (Lipinski definition) is 4. The van der Waals surface area contributed by atoms with Crippen molar-refractivity contribution in [3.8, 4) is 0 Å². The first-order valence-corrected chi connectivity index (χ1v) is 13.0. The van der Waals surface area contributed by atoms with Crippen molar-refractivity contribution in [3.05, 3.63) is 53.6 Å². The van der Waals surface area contributed by atoms with Gasteiger partial charge < -0.3 is 10.2 Å².